The smallest absolute Gasteiger partial charge is 0.236 e. The fourth-order valence-electron chi connectivity index (χ4n) is 2.55. The van der Waals surface area contributed by atoms with Crippen molar-refractivity contribution in [2.45, 2.75) is 13.5 Å². The lowest BCUT2D eigenvalue weighted by Crippen LogP contribution is -2.05. The predicted octanol–water partition coefficient (Wildman–Crippen LogP) is 5.95. The number of aryl methyl sites for hydroxylation is 1. The van der Waals surface area contributed by atoms with Gasteiger partial charge in [-0.3, -0.25) is 0 Å². The van der Waals surface area contributed by atoms with Gasteiger partial charge in [0.15, 0.2) is 5.75 Å². The third-order valence-electron chi connectivity index (χ3n) is 3.91. The molecule has 0 radical (unpaired) electrons. The lowest BCUT2D eigenvalue weighted by atomic mass is 10.2. The van der Waals surface area contributed by atoms with Crippen LogP contribution in [-0.2, 0) is 6.61 Å². The minimum absolute atomic E-state index is 0.188. The molecule has 28 heavy (non-hydrogen) atoms. The van der Waals surface area contributed by atoms with Gasteiger partial charge in [0.05, 0.1) is 30.0 Å². The number of aromatic nitrogens is 1. The summed E-state index contributed by atoms with van der Waals surface area (Å²) in [4.78, 5) is 4.36. The van der Waals surface area contributed by atoms with Crippen LogP contribution < -0.4 is 14.2 Å². The number of methoxy groups -OCH3 is 1. The number of pyridine rings is 1. The Morgan fingerprint density at radius 2 is 1.82 bits per heavy atom. The lowest BCUT2D eigenvalue weighted by molar-refractivity contribution is 0.297. The van der Waals surface area contributed by atoms with Crippen molar-refractivity contribution in [2.24, 2.45) is 0 Å². The number of rotatable bonds is 6. The van der Waals surface area contributed by atoms with E-state index < -0.39 is 0 Å². The standard InChI is InChI=1S/C21H16Cl2N2O3/c1-13-18(12-27-16-6-4-3-5-7-16)20(19(23)21(25-13)26-2)28-17-9-14(11-24)8-15(22)10-17/h3-10H,12H2,1-2H3. The van der Waals surface area contributed by atoms with Crippen LogP contribution >= 0.6 is 23.2 Å². The van der Waals surface area contributed by atoms with E-state index in [0.717, 1.165) is 0 Å². The molecular weight excluding hydrogens is 399 g/mol. The zero-order chi connectivity index (χ0) is 20.1. The van der Waals surface area contributed by atoms with E-state index in [2.05, 4.69) is 4.98 Å². The SMILES string of the molecule is COc1nc(C)c(COc2ccccc2)c(Oc2cc(Cl)cc(C#N)c2)c1Cl. The molecule has 0 atom stereocenters. The third-order valence-corrected chi connectivity index (χ3v) is 4.46. The van der Waals surface area contributed by atoms with E-state index in [1.807, 2.05) is 43.3 Å². The van der Waals surface area contributed by atoms with Crippen LogP contribution in [0.2, 0.25) is 10.0 Å². The van der Waals surface area contributed by atoms with E-state index in [1.165, 1.54) is 7.11 Å². The summed E-state index contributed by atoms with van der Waals surface area (Å²) < 4.78 is 17.1. The average molecular weight is 415 g/mol. The zero-order valence-electron chi connectivity index (χ0n) is 15.2. The van der Waals surface area contributed by atoms with Crippen molar-refractivity contribution in [1.29, 1.82) is 5.26 Å². The monoisotopic (exact) mass is 414 g/mol. The van der Waals surface area contributed by atoms with E-state index in [1.54, 1.807) is 18.2 Å². The van der Waals surface area contributed by atoms with Crippen LogP contribution in [0.4, 0.5) is 0 Å². The number of para-hydroxylation sites is 1. The summed E-state index contributed by atoms with van der Waals surface area (Å²) in [6.45, 7) is 2.00. The second kappa shape index (κ2) is 8.83. The minimum Gasteiger partial charge on any atom is -0.489 e. The van der Waals surface area contributed by atoms with Crippen LogP contribution in [0.15, 0.2) is 48.5 Å². The maximum Gasteiger partial charge on any atom is 0.236 e. The second-order valence-corrected chi connectivity index (χ2v) is 6.63. The highest BCUT2D eigenvalue weighted by molar-refractivity contribution is 6.33. The van der Waals surface area contributed by atoms with Gasteiger partial charge >= 0.3 is 0 Å². The number of hydrogen-bond donors (Lipinski definition) is 0. The molecule has 0 unspecified atom stereocenters. The number of benzene rings is 2. The van der Waals surface area contributed by atoms with Crippen molar-refractivity contribution in [3.8, 4) is 29.2 Å². The van der Waals surface area contributed by atoms with Crippen molar-refractivity contribution in [2.75, 3.05) is 7.11 Å². The summed E-state index contributed by atoms with van der Waals surface area (Å²) in [7, 11) is 1.48. The fourth-order valence-corrected chi connectivity index (χ4v) is 3.05. The maximum atomic E-state index is 9.16. The Morgan fingerprint density at radius 3 is 2.50 bits per heavy atom. The van der Waals surface area contributed by atoms with Crippen molar-refractivity contribution in [1.82, 2.24) is 4.98 Å². The van der Waals surface area contributed by atoms with Gasteiger partial charge in [0.25, 0.3) is 0 Å². The summed E-state index contributed by atoms with van der Waals surface area (Å²) in [5.74, 6) is 1.65. The summed E-state index contributed by atoms with van der Waals surface area (Å²) in [6.07, 6.45) is 0. The number of halogens is 2. The molecule has 0 aliphatic carbocycles. The molecule has 0 spiro atoms. The highest BCUT2D eigenvalue weighted by Crippen LogP contribution is 2.40. The van der Waals surface area contributed by atoms with Crippen LogP contribution in [0.5, 0.6) is 23.1 Å². The van der Waals surface area contributed by atoms with Gasteiger partial charge in [-0.25, -0.2) is 4.98 Å². The molecule has 3 aromatic rings. The molecule has 2 aromatic carbocycles. The molecule has 0 aliphatic rings. The van der Waals surface area contributed by atoms with Gasteiger partial charge in [0.1, 0.15) is 23.1 Å². The first-order valence-electron chi connectivity index (χ1n) is 8.31. The summed E-state index contributed by atoms with van der Waals surface area (Å²) in [5.41, 5.74) is 1.68. The summed E-state index contributed by atoms with van der Waals surface area (Å²) in [6, 6.07) is 16.1. The van der Waals surface area contributed by atoms with Gasteiger partial charge < -0.3 is 14.2 Å². The normalized spacial score (nSPS) is 10.2. The van der Waals surface area contributed by atoms with Crippen LogP contribution in [-0.4, -0.2) is 12.1 Å². The maximum absolute atomic E-state index is 9.16. The molecule has 0 N–H and O–H groups in total. The number of hydrogen-bond acceptors (Lipinski definition) is 5. The van der Waals surface area contributed by atoms with Gasteiger partial charge in [0, 0.05) is 5.02 Å². The van der Waals surface area contributed by atoms with E-state index >= 15 is 0 Å². The van der Waals surface area contributed by atoms with Crippen LogP contribution in [0.25, 0.3) is 0 Å². The van der Waals surface area contributed by atoms with Crippen LogP contribution in [0, 0.1) is 18.3 Å². The molecule has 7 heteroatoms. The molecule has 1 aromatic heterocycles. The van der Waals surface area contributed by atoms with Gasteiger partial charge in [-0.2, -0.15) is 5.26 Å². The Kier molecular flexibility index (Phi) is 6.25. The Morgan fingerprint density at radius 1 is 1.07 bits per heavy atom. The molecule has 0 aliphatic heterocycles. The third kappa shape index (κ3) is 4.48. The molecule has 5 nitrogen and oxygen atoms in total. The van der Waals surface area contributed by atoms with Crippen molar-refractivity contribution in [3.05, 3.63) is 75.4 Å². The Balaban J connectivity index is 2.01. The van der Waals surface area contributed by atoms with Gasteiger partial charge in [-0.1, -0.05) is 41.4 Å². The minimum atomic E-state index is 0.188. The number of ether oxygens (including phenoxy) is 3. The quantitative estimate of drug-likeness (QED) is 0.498. The van der Waals surface area contributed by atoms with Crippen LogP contribution in [0.3, 0.4) is 0 Å². The second-order valence-electron chi connectivity index (χ2n) is 5.82. The summed E-state index contributed by atoms with van der Waals surface area (Å²) in [5, 5.41) is 9.74. The fraction of sp³-hybridized carbons (Fsp3) is 0.143. The van der Waals surface area contributed by atoms with Crippen molar-refractivity contribution >= 4 is 23.2 Å². The molecule has 0 saturated heterocycles. The van der Waals surface area contributed by atoms with Gasteiger partial charge in [-0.15, -0.1) is 0 Å². The van der Waals surface area contributed by atoms with Crippen molar-refractivity contribution < 1.29 is 14.2 Å². The molecular formula is C21H16Cl2N2O3. The highest BCUT2D eigenvalue weighted by atomic mass is 35.5. The Bertz CT molecular complexity index is 1030. The van der Waals surface area contributed by atoms with E-state index in [-0.39, 0.29) is 17.5 Å². The molecule has 0 fully saturated rings. The van der Waals surface area contributed by atoms with E-state index in [9.17, 15) is 0 Å². The Labute approximate surface area is 173 Å². The van der Waals surface area contributed by atoms with Gasteiger partial charge in [-0.05, 0) is 37.3 Å². The number of nitriles is 1. The molecule has 1 heterocycles. The molecule has 0 saturated carbocycles. The topological polar surface area (TPSA) is 64.4 Å². The number of nitrogens with zero attached hydrogens (tertiary/aromatic N) is 2. The van der Waals surface area contributed by atoms with Crippen molar-refractivity contribution in [3.63, 3.8) is 0 Å². The van der Waals surface area contributed by atoms with Gasteiger partial charge in [0.2, 0.25) is 5.88 Å². The van der Waals surface area contributed by atoms with E-state index in [4.69, 9.17) is 42.7 Å². The highest BCUT2D eigenvalue weighted by Gasteiger charge is 2.20. The molecule has 0 bridgehead atoms. The molecule has 142 valence electrons. The first kappa shape index (κ1) is 19.8. The largest absolute Gasteiger partial charge is 0.489 e. The van der Waals surface area contributed by atoms with E-state index in [0.29, 0.717) is 39.1 Å². The lowest BCUT2D eigenvalue weighted by Gasteiger charge is -2.17. The molecule has 0 amide bonds. The first-order valence-corrected chi connectivity index (χ1v) is 9.06. The molecule has 3 rings (SSSR count). The zero-order valence-corrected chi connectivity index (χ0v) is 16.7. The predicted molar refractivity (Wildman–Crippen MR) is 108 cm³/mol. The van der Waals surface area contributed by atoms with Crippen LogP contribution in [0.1, 0.15) is 16.8 Å². The average Bonchev–Trinajstić information content (AvgIpc) is 2.70. The summed E-state index contributed by atoms with van der Waals surface area (Å²) >= 11 is 12.5. The Hall–Kier alpha value is -2.94. The first-order chi connectivity index (χ1) is 13.5.